The summed E-state index contributed by atoms with van der Waals surface area (Å²) in [5.41, 5.74) is 1.76. The lowest BCUT2D eigenvalue weighted by atomic mass is 9.78. The SMILES string of the molecule is CCC(CC)C(CNCC(C)C)C1=CCCCC1. The van der Waals surface area contributed by atoms with Crippen molar-refractivity contribution in [2.45, 2.75) is 66.2 Å². The number of hydrogen-bond donors (Lipinski definition) is 1. The average Bonchev–Trinajstić information content (AvgIpc) is 2.39. The molecule has 1 rings (SSSR count). The molecule has 1 aliphatic rings. The predicted octanol–water partition coefficient (Wildman–Crippen LogP) is 4.78. The van der Waals surface area contributed by atoms with Crippen LogP contribution < -0.4 is 5.32 Å². The monoisotopic (exact) mass is 251 g/mol. The molecular formula is C17H33N. The Morgan fingerprint density at radius 3 is 2.33 bits per heavy atom. The van der Waals surface area contributed by atoms with E-state index in [-0.39, 0.29) is 0 Å². The molecule has 1 atom stereocenters. The molecule has 106 valence electrons. The Morgan fingerprint density at radius 1 is 1.11 bits per heavy atom. The van der Waals surface area contributed by atoms with Gasteiger partial charge in [0.1, 0.15) is 0 Å². The van der Waals surface area contributed by atoms with Crippen molar-refractivity contribution in [3.63, 3.8) is 0 Å². The third kappa shape index (κ3) is 5.14. The summed E-state index contributed by atoms with van der Waals surface area (Å²) in [5, 5.41) is 3.69. The minimum atomic E-state index is 0.757. The summed E-state index contributed by atoms with van der Waals surface area (Å²) >= 11 is 0. The van der Waals surface area contributed by atoms with Gasteiger partial charge in [0.2, 0.25) is 0 Å². The zero-order chi connectivity index (χ0) is 13.4. The lowest BCUT2D eigenvalue weighted by Crippen LogP contribution is -2.32. The van der Waals surface area contributed by atoms with Crippen LogP contribution >= 0.6 is 0 Å². The number of rotatable bonds is 8. The van der Waals surface area contributed by atoms with E-state index in [1.165, 1.54) is 45.1 Å². The van der Waals surface area contributed by atoms with E-state index in [0.29, 0.717) is 0 Å². The van der Waals surface area contributed by atoms with Gasteiger partial charge in [-0.1, -0.05) is 52.2 Å². The number of allylic oxidation sites excluding steroid dienone is 1. The second-order valence-electron chi connectivity index (χ2n) is 6.26. The molecule has 0 aliphatic heterocycles. The Balaban J connectivity index is 2.58. The van der Waals surface area contributed by atoms with E-state index >= 15 is 0 Å². The highest BCUT2D eigenvalue weighted by atomic mass is 14.9. The maximum Gasteiger partial charge on any atom is 0.00196 e. The van der Waals surface area contributed by atoms with E-state index in [1.54, 1.807) is 5.57 Å². The minimum absolute atomic E-state index is 0.757. The fourth-order valence-corrected chi connectivity index (χ4v) is 3.19. The van der Waals surface area contributed by atoms with Gasteiger partial charge in [-0.05, 0) is 50.0 Å². The molecule has 18 heavy (non-hydrogen) atoms. The Labute approximate surface area is 114 Å². The standard InChI is InChI=1S/C17H33N/c1-5-15(6-2)17(13-18-12-14(3)4)16-10-8-7-9-11-16/h10,14-15,17-18H,5-9,11-13H2,1-4H3. The molecule has 0 aromatic rings. The van der Waals surface area contributed by atoms with Gasteiger partial charge < -0.3 is 5.32 Å². The highest BCUT2D eigenvalue weighted by molar-refractivity contribution is 5.11. The Morgan fingerprint density at radius 2 is 1.83 bits per heavy atom. The normalized spacial score (nSPS) is 18.2. The van der Waals surface area contributed by atoms with Crippen LogP contribution in [0.3, 0.4) is 0 Å². The highest BCUT2D eigenvalue weighted by Crippen LogP contribution is 2.32. The van der Waals surface area contributed by atoms with Crippen molar-refractivity contribution in [2.24, 2.45) is 17.8 Å². The van der Waals surface area contributed by atoms with Crippen molar-refractivity contribution in [3.05, 3.63) is 11.6 Å². The van der Waals surface area contributed by atoms with Crippen molar-refractivity contribution < 1.29 is 0 Å². The summed E-state index contributed by atoms with van der Waals surface area (Å²) < 4.78 is 0. The summed E-state index contributed by atoms with van der Waals surface area (Å²) in [6, 6.07) is 0. The molecule has 1 nitrogen and oxygen atoms in total. The largest absolute Gasteiger partial charge is 0.316 e. The Hall–Kier alpha value is -0.300. The van der Waals surface area contributed by atoms with Crippen molar-refractivity contribution in [1.29, 1.82) is 0 Å². The van der Waals surface area contributed by atoms with Crippen LogP contribution in [-0.4, -0.2) is 13.1 Å². The summed E-state index contributed by atoms with van der Waals surface area (Å²) in [4.78, 5) is 0. The summed E-state index contributed by atoms with van der Waals surface area (Å²) in [5.74, 6) is 2.42. The van der Waals surface area contributed by atoms with Crippen molar-refractivity contribution >= 4 is 0 Å². The van der Waals surface area contributed by atoms with E-state index in [4.69, 9.17) is 0 Å². The van der Waals surface area contributed by atoms with Crippen LogP contribution in [-0.2, 0) is 0 Å². The van der Waals surface area contributed by atoms with Crippen LogP contribution in [0.15, 0.2) is 11.6 Å². The van der Waals surface area contributed by atoms with E-state index in [0.717, 1.165) is 24.3 Å². The maximum atomic E-state index is 3.69. The van der Waals surface area contributed by atoms with Crippen LogP contribution in [0.2, 0.25) is 0 Å². The van der Waals surface area contributed by atoms with Crippen molar-refractivity contribution in [2.75, 3.05) is 13.1 Å². The summed E-state index contributed by atoms with van der Waals surface area (Å²) in [6.07, 6.45) is 10.7. The smallest absolute Gasteiger partial charge is 0.00196 e. The average molecular weight is 251 g/mol. The number of hydrogen-bond acceptors (Lipinski definition) is 1. The summed E-state index contributed by atoms with van der Waals surface area (Å²) in [6.45, 7) is 11.6. The topological polar surface area (TPSA) is 12.0 Å². The molecular weight excluding hydrogens is 218 g/mol. The van der Waals surface area contributed by atoms with Gasteiger partial charge in [0.05, 0.1) is 0 Å². The molecule has 1 aliphatic carbocycles. The first-order valence-corrected chi connectivity index (χ1v) is 8.08. The minimum Gasteiger partial charge on any atom is -0.316 e. The summed E-state index contributed by atoms with van der Waals surface area (Å²) in [7, 11) is 0. The maximum absolute atomic E-state index is 3.69. The first-order chi connectivity index (χ1) is 8.69. The Bertz CT molecular complexity index is 238. The van der Waals surface area contributed by atoms with Gasteiger partial charge >= 0.3 is 0 Å². The van der Waals surface area contributed by atoms with Crippen LogP contribution in [0.25, 0.3) is 0 Å². The quantitative estimate of drug-likeness (QED) is 0.612. The molecule has 0 radical (unpaired) electrons. The van der Waals surface area contributed by atoms with Crippen molar-refractivity contribution in [1.82, 2.24) is 5.32 Å². The fraction of sp³-hybridized carbons (Fsp3) is 0.882. The molecule has 0 spiro atoms. The van der Waals surface area contributed by atoms with Crippen LogP contribution in [0.4, 0.5) is 0 Å². The first kappa shape index (κ1) is 15.8. The van der Waals surface area contributed by atoms with Gasteiger partial charge in [0.15, 0.2) is 0 Å². The van der Waals surface area contributed by atoms with E-state index in [2.05, 4.69) is 39.1 Å². The molecule has 0 aromatic carbocycles. The molecule has 1 heteroatoms. The zero-order valence-corrected chi connectivity index (χ0v) is 13.0. The molecule has 0 aromatic heterocycles. The molecule has 0 saturated heterocycles. The van der Waals surface area contributed by atoms with Gasteiger partial charge in [-0.25, -0.2) is 0 Å². The van der Waals surface area contributed by atoms with Crippen LogP contribution in [0.1, 0.15) is 66.2 Å². The van der Waals surface area contributed by atoms with Gasteiger partial charge in [0.25, 0.3) is 0 Å². The second kappa shape index (κ2) is 8.74. The Kier molecular flexibility index (Phi) is 7.65. The molecule has 0 bridgehead atoms. The van der Waals surface area contributed by atoms with Crippen LogP contribution in [0.5, 0.6) is 0 Å². The molecule has 1 unspecified atom stereocenters. The van der Waals surface area contributed by atoms with E-state index < -0.39 is 0 Å². The zero-order valence-electron chi connectivity index (χ0n) is 13.0. The first-order valence-electron chi connectivity index (χ1n) is 8.08. The molecule has 0 saturated carbocycles. The second-order valence-corrected chi connectivity index (χ2v) is 6.26. The fourth-order valence-electron chi connectivity index (χ4n) is 3.19. The molecule has 0 fully saturated rings. The van der Waals surface area contributed by atoms with Gasteiger partial charge in [0, 0.05) is 6.54 Å². The van der Waals surface area contributed by atoms with Gasteiger partial charge in [-0.3, -0.25) is 0 Å². The van der Waals surface area contributed by atoms with Crippen molar-refractivity contribution in [3.8, 4) is 0 Å². The van der Waals surface area contributed by atoms with E-state index in [1.807, 2.05) is 0 Å². The van der Waals surface area contributed by atoms with Crippen LogP contribution in [0, 0.1) is 17.8 Å². The molecule has 0 heterocycles. The van der Waals surface area contributed by atoms with E-state index in [9.17, 15) is 0 Å². The third-order valence-electron chi connectivity index (χ3n) is 4.34. The highest BCUT2D eigenvalue weighted by Gasteiger charge is 2.23. The predicted molar refractivity (Wildman–Crippen MR) is 81.8 cm³/mol. The molecule has 1 N–H and O–H groups in total. The van der Waals surface area contributed by atoms with Gasteiger partial charge in [-0.15, -0.1) is 0 Å². The number of nitrogens with one attached hydrogen (secondary N) is 1. The lowest BCUT2D eigenvalue weighted by Gasteiger charge is -2.30. The lowest BCUT2D eigenvalue weighted by molar-refractivity contribution is 0.324. The van der Waals surface area contributed by atoms with Gasteiger partial charge in [-0.2, -0.15) is 0 Å². The molecule has 0 amide bonds. The third-order valence-corrected chi connectivity index (χ3v) is 4.34.